The number of urea groups is 1. The van der Waals surface area contributed by atoms with Crippen LogP contribution in [-0.4, -0.2) is 76.5 Å². The minimum absolute atomic E-state index is 0.00446. The number of nitrogens with two attached hydrogens (primary N) is 2. The van der Waals surface area contributed by atoms with Gasteiger partial charge in [0.05, 0.1) is 19.1 Å². The summed E-state index contributed by atoms with van der Waals surface area (Å²) in [6.45, 7) is 0.592. The van der Waals surface area contributed by atoms with E-state index in [0.29, 0.717) is 0 Å². The zero-order chi connectivity index (χ0) is 19.6. The van der Waals surface area contributed by atoms with Crippen LogP contribution in [-0.2, 0) is 14.4 Å². The summed E-state index contributed by atoms with van der Waals surface area (Å²) >= 11 is 0. The van der Waals surface area contributed by atoms with Crippen LogP contribution in [0.2, 0.25) is 0 Å². The number of nitrogens with one attached hydrogen (secondary N) is 4. The maximum absolute atomic E-state index is 12.0. The van der Waals surface area contributed by atoms with E-state index >= 15 is 0 Å². The zero-order valence-electron chi connectivity index (χ0n) is 13.6. The average molecular weight is 364 g/mol. The molecule has 0 saturated heterocycles. The molecule has 1 unspecified atom stereocenters. The Labute approximate surface area is 143 Å². The van der Waals surface area contributed by atoms with Gasteiger partial charge < -0.3 is 37.4 Å². The molecule has 13 nitrogen and oxygen atoms in total. The number of hydrazine groups is 1. The van der Waals surface area contributed by atoms with Gasteiger partial charge in [-0.3, -0.25) is 15.0 Å². The van der Waals surface area contributed by atoms with E-state index in [9.17, 15) is 24.3 Å². The molecule has 0 saturated carbocycles. The molecule has 0 aromatic rings. The van der Waals surface area contributed by atoms with Gasteiger partial charge in [-0.05, 0) is 6.92 Å². The Balaban J connectivity index is 4.66. The first-order valence-electron chi connectivity index (χ1n) is 7.23. The van der Waals surface area contributed by atoms with Gasteiger partial charge in [-0.1, -0.05) is 0 Å². The Bertz CT molecular complexity index is 487. The number of carboxylic acids is 1. The van der Waals surface area contributed by atoms with Gasteiger partial charge in [0.25, 0.3) is 5.91 Å². The molecule has 0 radical (unpaired) electrons. The predicted molar refractivity (Wildman–Crippen MR) is 83.6 cm³/mol. The van der Waals surface area contributed by atoms with Crippen LogP contribution in [0.15, 0.2) is 0 Å². The second-order valence-electron chi connectivity index (χ2n) is 5.19. The van der Waals surface area contributed by atoms with E-state index in [1.807, 2.05) is 5.32 Å². The van der Waals surface area contributed by atoms with Crippen molar-refractivity contribution >= 4 is 23.8 Å². The van der Waals surface area contributed by atoms with Gasteiger partial charge in [0.15, 0.2) is 6.04 Å². The second-order valence-corrected chi connectivity index (χ2v) is 5.19. The highest BCUT2D eigenvalue weighted by molar-refractivity contribution is 5.92. The maximum atomic E-state index is 12.0. The van der Waals surface area contributed by atoms with E-state index in [-0.39, 0.29) is 6.54 Å². The number of primary amides is 1. The van der Waals surface area contributed by atoms with E-state index < -0.39 is 61.1 Å². The predicted octanol–water partition coefficient (Wildman–Crippen LogP) is -4.70. The van der Waals surface area contributed by atoms with Crippen LogP contribution in [0.25, 0.3) is 0 Å². The first kappa shape index (κ1) is 22.5. The summed E-state index contributed by atoms with van der Waals surface area (Å²) in [4.78, 5) is 45.4. The summed E-state index contributed by atoms with van der Waals surface area (Å²) in [6, 6.07) is -4.75. The normalized spacial score (nSPS) is 15.4. The number of hydrogen-bond acceptors (Lipinski definition) is 8. The molecule has 0 fully saturated rings. The van der Waals surface area contributed by atoms with Gasteiger partial charge in [-0.25, -0.2) is 15.0 Å². The number of carbonyl (C=O) groups excluding carboxylic acids is 3. The number of carboxylic acid groups (broad SMARTS) is 1. The first-order chi connectivity index (χ1) is 11.6. The number of aliphatic hydroxyl groups excluding tert-OH is 2. The van der Waals surface area contributed by atoms with Crippen molar-refractivity contribution in [3.05, 3.63) is 0 Å². The minimum Gasteiger partial charge on any atom is -0.480 e. The fourth-order valence-corrected chi connectivity index (χ4v) is 1.47. The average Bonchev–Trinajstić information content (AvgIpc) is 2.50. The molecule has 0 aliphatic rings. The summed E-state index contributed by atoms with van der Waals surface area (Å²) in [5, 5.41) is 30.7. The molecule has 4 atom stereocenters. The van der Waals surface area contributed by atoms with Gasteiger partial charge in [-0.15, -0.1) is 0 Å². The number of aliphatic carboxylic acids is 1. The van der Waals surface area contributed by atoms with Crippen LogP contribution in [0.4, 0.5) is 4.79 Å². The third kappa shape index (κ3) is 9.41. The van der Waals surface area contributed by atoms with Crippen molar-refractivity contribution in [1.82, 2.24) is 21.5 Å². The molecule has 0 aromatic carbocycles. The first-order valence-corrected chi connectivity index (χ1v) is 7.23. The summed E-state index contributed by atoms with van der Waals surface area (Å²) in [7, 11) is 0. The molecular formula is C12H24N6O7. The van der Waals surface area contributed by atoms with Gasteiger partial charge >= 0.3 is 12.0 Å². The third-order valence-electron chi connectivity index (χ3n) is 2.98. The number of aliphatic hydroxyl groups is 2. The topological polar surface area (TPSA) is 229 Å². The quantitative estimate of drug-likeness (QED) is 0.160. The van der Waals surface area contributed by atoms with Crippen molar-refractivity contribution in [1.29, 1.82) is 0 Å². The van der Waals surface area contributed by atoms with E-state index in [1.165, 1.54) is 6.92 Å². The zero-order valence-corrected chi connectivity index (χ0v) is 13.6. The lowest BCUT2D eigenvalue weighted by Gasteiger charge is -2.20. The van der Waals surface area contributed by atoms with Crippen LogP contribution >= 0.6 is 0 Å². The molecule has 4 amide bonds. The monoisotopic (exact) mass is 364 g/mol. The summed E-state index contributed by atoms with van der Waals surface area (Å²) in [5.74, 6) is -3.22. The molecule has 13 heteroatoms. The van der Waals surface area contributed by atoms with Crippen LogP contribution in [0.5, 0.6) is 0 Å². The molecule has 25 heavy (non-hydrogen) atoms. The third-order valence-corrected chi connectivity index (χ3v) is 2.98. The summed E-state index contributed by atoms with van der Waals surface area (Å²) in [5.41, 5.74) is 15.1. The molecule has 0 aliphatic carbocycles. The molecule has 0 heterocycles. The highest BCUT2D eigenvalue weighted by atomic mass is 16.4. The SMILES string of the molecule is CC(O)[C@@H](N)CNNC(=O)[C@@H](CC(N)=O)NC(=O)N[C@H](CO)C(=O)O. The van der Waals surface area contributed by atoms with E-state index in [1.54, 1.807) is 0 Å². The fourth-order valence-electron chi connectivity index (χ4n) is 1.47. The van der Waals surface area contributed by atoms with E-state index in [0.717, 1.165) is 0 Å². The van der Waals surface area contributed by atoms with Crippen molar-refractivity contribution in [2.75, 3.05) is 13.2 Å². The van der Waals surface area contributed by atoms with E-state index in [4.69, 9.17) is 21.7 Å². The second kappa shape index (κ2) is 11.1. The Kier molecular flexibility index (Phi) is 10.0. The molecule has 0 spiro atoms. The van der Waals surface area contributed by atoms with Crippen molar-refractivity contribution in [2.45, 2.75) is 37.6 Å². The number of carbonyl (C=O) groups is 4. The van der Waals surface area contributed by atoms with Crippen molar-refractivity contribution in [3.8, 4) is 0 Å². The summed E-state index contributed by atoms with van der Waals surface area (Å²) in [6.07, 6.45) is -1.39. The molecule has 144 valence electrons. The van der Waals surface area contributed by atoms with Crippen molar-refractivity contribution in [2.24, 2.45) is 11.5 Å². The lowest BCUT2D eigenvalue weighted by molar-refractivity contribution is -0.140. The van der Waals surface area contributed by atoms with Gasteiger partial charge in [0.1, 0.15) is 6.04 Å². The summed E-state index contributed by atoms with van der Waals surface area (Å²) < 4.78 is 0. The lowest BCUT2D eigenvalue weighted by Crippen LogP contribution is -2.57. The number of hydrogen-bond donors (Lipinski definition) is 9. The molecular weight excluding hydrogens is 340 g/mol. The van der Waals surface area contributed by atoms with Gasteiger partial charge in [0.2, 0.25) is 5.91 Å². The van der Waals surface area contributed by atoms with Crippen LogP contribution in [0.1, 0.15) is 13.3 Å². The number of rotatable bonds is 11. The Hall–Kier alpha value is -2.48. The van der Waals surface area contributed by atoms with Gasteiger partial charge in [0, 0.05) is 12.6 Å². The molecule has 0 aliphatic heterocycles. The standard InChI is InChI=1S/C12H24N6O7/c1-5(20)6(13)3-15-18-10(22)7(2-9(14)21)16-12(25)17-8(4-19)11(23)24/h5-8,15,19-20H,2-4,13H2,1H3,(H2,14,21)(H,18,22)(H,23,24)(H2,16,17,25)/t5?,6-,7+,8+/m0/s1. The highest BCUT2D eigenvalue weighted by Crippen LogP contribution is 1.93. The van der Waals surface area contributed by atoms with Gasteiger partial charge in [-0.2, -0.15) is 0 Å². The Morgan fingerprint density at radius 1 is 1.12 bits per heavy atom. The highest BCUT2D eigenvalue weighted by Gasteiger charge is 2.25. The fraction of sp³-hybridized carbons (Fsp3) is 0.667. The largest absolute Gasteiger partial charge is 0.480 e. The molecule has 11 N–H and O–H groups in total. The van der Waals surface area contributed by atoms with Crippen LogP contribution in [0, 0.1) is 0 Å². The smallest absolute Gasteiger partial charge is 0.328 e. The number of amides is 4. The Morgan fingerprint density at radius 2 is 1.68 bits per heavy atom. The Morgan fingerprint density at radius 3 is 2.12 bits per heavy atom. The lowest BCUT2D eigenvalue weighted by atomic mass is 10.2. The molecule has 0 bridgehead atoms. The molecule has 0 aromatic heterocycles. The van der Waals surface area contributed by atoms with Crippen molar-refractivity contribution in [3.63, 3.8) is 0 Å². The van der Waals surface area contributed by atoms with Crippen LogP contribution < -0.4 is 33.0 Å². The van der Waals surface area contributed by atoms with Crippen LogP contribution in [0.3, 0.4) is 0 Å². The van der Waals surface area contributed by atoms with Crippen molar-refractivity contribution < 1.29 is 34.5 Å². The maximum Gasteiger partial charge on any atom is 0.328 e. The minimum atomic E-state index is -1.58. The van der Waals surface area contributed by atoms with E-state index in [2.05, 4.69) is 16.2 Å². The molecule has 0 rings (SSSR count).